The lowest BCUT2D eigenvalue weighted by Crippen LogP contribution is -2.15. The van der Waals surface area contributed by atoms with Crippen LogP contribution in [0.1, 0.15) is 12.8 Å². The second-order valence-corrected chi connectivity index (χ2v) is 5.15. The first kappa shape index (κ1) is 11.6. The van der Waals surface area contributed by atoms with Crippen LogP contribution < -0.4 is 9.64 Å². The van der Waals surface area contributed by atoms with Crippen LogP contribution in [0.2, 0.25) is 0 Å². The summed E-state index contributed by atoms with van der Waals surface area (Å²) in [5.74, 6) is 1.89. The van der Waals surface area contributed by atoms with Gasteiger partial charge in [0.2, 0.25) is 0 Å². The van der Waals surface area contributed by atoms with E-state index in [9.17, 15) is 0 Å². The van der Waals surface area contributed by atoms with E-state index in [0.29, 0.717) is 5.41 Å². The molecule has 2 nitrogen and oxygen atoms in total. The molecular weight excluding hydrogens is 218 g/mol. The van der Waals surface area contributed by atoms with Crippen LogP contribution in [0.15, 0.2) is 24.3 Å². The first-order valence-corrected chi connectivity index (χ1v) is 6.30. The third kappa shape index (κ3) is 2.64. The molecule has 0 heterocycles. The molecule has 0 radical (unpaired) electrons. The van der Waals surface area contributed by atoms with Crippen molar-refractivity contribution < 1.29 is 4.74 Å². The normalized spacial score (nSPS) is 16.9. The van der Waals surface area contributed by atoms with Gasteiger partial charge in [-0.15, -0.1) is 0 Å². The molecule has 0 atom stereocenters. The largest absolute Gasteiger partial charge is 0.493 e. The number of rotatable bonds is 5. The van der Waals surface area contributed by atoms with Crippen LogP contribution >= 0.6 is 12.6 Å². The van der Waals surface area contributed by atoms with E-state index < -0.39 is 0 Å². The molecule has 1 aromatic rings. The van der Waals surface area contributed by atoms with Gasteiger partial charge in [-0.25, -0.2) is 0 Å². The maximum atomic E-state index is 5.84. The minimum atomic E-state index is 0.358. The van der Waals surface area contributed by atoms with Crippen molar-refractivity contribution in [3.63, 3.8) is 0 Å². The molecule has 1 aliphatic rings. The highest BCUT2D eigenvalue weighted by Crippen LogP contribution is 2.46. The second kappa shape index (κ2) is 4.58. The number of nitrogens with zero attached hydrogens (tertiary/aromatic N) is 1. The Balaban J connectivity index is 1.96. The van der Waals surface area contributed by atoms with Crippen molar-refractivity contribution in [3.05, 3.63) is 24.3 Å². The van der Waals surface area contributed by atoms with Gasteiger partial charge in [-0.2, -0.15) is 12.6 Å². The molecule has 0 N–H and O–H groups in total. The lowest BCUT2D eigenvalue weighted by Gasteiger charge is -2.16. The summed E-state index contributed by atoms with van der Waals surface area (Å²) in [5.41, 5.74) is 1.53. The van der Waals surface area contributed by atoms with Gasteiger partial charge < -0.3 is 9.64 Å². The van der Waals surface area contributed by atoms with E-state index in [2.05, 4.69) is 29.7 Å². The van der Waals surface area contributed by atoms with Crippen LogP contribution in [0.25, 0.3) is 0 Å². The lowest BCUT2D eigenvalue weighted by molar-refractivity contribution is 0.251. The van der Waals surface area contributed by atoms with Gasteiger partial charge in [0.05, 0.1) is 6.61 Å². The van der Waals surface area contributed by atoms with Gasteiger partial charge in [0.25, 0.3) is 0 Å². The van der Waals surface area contributed by atoms with Crippen LogP contribution in [-0.2, 0) is 0 Å². The fourth-order valence-corrected chi connectivity index (χ4v) is 2.02. The van der Waals surface area contributed by atoms with Crippen molar-refractivity contribution in [2.24, 2.45) is 5.41 Å². The van der Waals surface area contributed by atoms with Gasteiger partial charge in [0.15, 0.2) is 0 Å². The summed E-state index contributed by atoms with van der Waals surface area (Å²) in [5, 5.41) is 0. The molecule has 16 heavy (non-hydrogen) atoms. The molecule has 0 unspecified atom stereocenters. The monoisotopic (exact) mass is 237 g/mol. The standard InChI is InChI=1S/C13H19NOS/c1-14(2)11-4-3-5-12(8-11)15-9-13(10-16)6-7-13/h3-5,8,16H,6-7,9-10H2,1-2H3. The van der Waals surface area contributed by atoms with Crippen molar-refractivity contribution in [1.29, 1.82) is 0 Å². The van der Waals surface area contributed by atoms with Crippen molar-refractivity contribution in [2.75, 3.05) is 31.4 Å². The molecule has 0 aromatic heterocycles. The van der Waals surface area contributed by atoms with E-state index in [1.165, 1.54) is 18.5 Å². The van der Waals surface area contributed by atoms with Crippen molar-refractivity contribution >= 4 is 18.3 Å². The summed E-state index contributed by atoms with van der Waals surface area (Å²) in [7, 11) is 4.07. The van der Waals surface area contributed by atoms with E-state index in [1.54, 1.807) is 0 Å². The average Bonchev–Trinajstić information content (AvgIpc) is 3.07. The summed E-state index contributed by atoms with van der Waals surface area (Å²) >= 11 is 4.37. The maximum absolute atomic E-state index is 5.84. The maximum Gasteiger partial charge on any atom is 0.121 e. The van der Waals surface area contributed by atoms with Crippen LogP contribution in [0.4, 0.5) is 5.69 Å². The Kier molecular flexibility index (Phi) is 3.33. The minimum absolute atomic E-state index is 0.358. The molecule has 1 aliphatic carbocycles. The topological polar surface area (TPSA) is 12.5 Å². The summed E-state index contributed by atoms with van der Waals surface area (Å²) in [4.78, 5) is 2.08. The Morgan fingerprint density at radius 2 is 2.12 bits per heavy atom. The van der Waals surface area contributed by atoms with E-state index in [0.717, 1.165) is 18.1 Å². The molecule has 1 saturated carbocycles. The van der Waals surface area contributed by atoms with Crippen molar-refractivity contribution in [3.8, 4) is 5.75 Å². The third-order valence-corrected chi connectivity index (χ3v) is 3.84. The number of thiol groups is 1. The molecule has 0 bridgehead atoms. The Morgan fingerprint density at radius 1 is 1.38 bits per heavy atom. The highest BCUT2D eigenvalue weighted by atomic mass is 32.1. The van der Waals surface area contributed by atoms with Gasteiger partial charge in [-0.1, -0.05) is 6.07 Å². The molecule has 2 rings (SSSR count). The van der Waals surface area contributed by atoms with E-state index in [4.69, 9.17) is 4.74 Å². The molecule has 3 heteroatoms. The van der Waals surface area contributed by atoms with Gasteiger partial charge in [-0.05, 0) is 30.7 Å². The van der Waals surface area contributed by atoms with Crippen molar-refractivity contribution in [2.45, 2.75) is 12.8 Å². The van der Waals surface area contributed by atoms with Gasteiger partial charge in [0.1, 0.15) is 5.75 Å². The molecule has 1 aromatic carbocycles. The van der Waals surface area contributed by atoms with Gasteiger partial charge >= 0.3 is 0 Å². The molecule has 88 valence electrons. The van der Waals surface area contributed by atoms with E-state index in [1.807, 2.05) is 26.2 Å². The van der Waals surface area contributed by atoms with Crippen LogP contribution in [-0.4, -0.2) is 26.5 Å². The fraction of sp³-hybridized carbons (Fsp3) is 0.538. The quantitative estimate of drug-likeness (QED) is 0.791. The average molecular weight is 237 g/mol. The van der Waals surface area contributed by atoms with Crippen LogP contribution in [0, 0.1) is 5.41 Å². The van der Waals surface area contributed by atoms with Gasteiger partial charge in [-0.3, -0.25) is 0 Å². The zero-order valence-electron chi connectivity index (χ0n) is 9.94. The Hall–Kier alpha value is -0.830. The van der Waals surface area contributed by atoms with E-state index in [-0.39, 0.29) is 0 Å². The highest BCUT2D eigenvalue weighted by molar-refractivity contribution is 7.80. The summed E-state index contributed by atoms with van der Waals surface area (Å²) < 4.78 is 5.84. The first-order chi connectivity index (χ1) is 7.65. The SMILES string of the molecule is CN(C)c1cccc(OCC2(CS)CC2)c1. The van der Waals surface area contributed by atoms with Crippen LogP contribution in [0.5, 0.6) is 5.75 Å². The zero-order valence-corrected chi connectivity index (χ0v) is 10.8. The van der Waals surface area contributed by atoms with Gasteiger partial charge in [0, 0.05) is 31.3 Å². The Labute approximate surface area is 103 Å². The molecule has 1 fully saturated rings. The Morgan fingerprint density at radius 3 is 2.69 bits per heavy atom. The number of anilines is 1. The molecule has 0 aliphatic heterocycles. The minimum Gasteiger partial charge on any atom is -0.493 e. The fourth-order valence-electron chi connectivity index (χ4n) is 1.61. The number of benzene rings is 1. The smallest absolute Gasteiger partial charge is 0.121 e. The Bertz CT molecular complexity index is 361. The second-order valence-electron chi connectivity index (χ2n) is 4.84. The third-order valence-electron chi connectivity index (χ3n) is 3.17. The number of hydrogen-bond acceptors (Lipinski definition) is 3. The summed E-state index contributed by atoms with van der Waals surface area (Å²) in [6.45, 7) is 0.799. The number of ether oxygens (including phenoxy) is 1. The highest BCUT2D eigenvalue weighted by Gasteiger charge is 2.42. The lowest BCUT2D eigenvalue weighted by atomic mass is 10.2. The molecule has 0 amide bonds. The predicted molar refractivity (Wildman–Crippen MR) is 71.8 cm³/mol. The zero-order chi connectivity index (χ0) is 11.6. The van der Waals surface area contributed by atoms with Crippen molar-refractivity contribution in [1.82, 2.24) is 0 Å². The van der Waals surface area contributed by atoms with Crippen LogP contribution in [0.3, 0.4) is 0 Å². The summed E-state index contributed by atoms with van der Waals surface area (Å²) in [6, 6.07) is 8.21. The van der Waals surface area contributed by atoms with E-state index >= 15 is 0 Å². The molecule has 0 saturated heterocycles. The molecule has 0 spiro atoms. The summed E-state index contributed by atoms with van der Waals surface area (Å²) in [6.07, 6.45) is 2.51. The number of hydrogen-bond donors (Lipinski definition) is 1. The predicted octanol–water partition coefficient (Wildman–Crippen LogP) is 2.84. The first-order valence-electron chi connectivity index (χ1n) is 5.66. The molecular formula is C13H19NOS.